The molecule has 0 aromatic heterocycles. The summed E-state index contributed by atoms with van der Waals surface area (Å²) in [6.07, 6.45) is 3.07. The predicted octanol–water partition coefficient (Wildman–Crippen LogP) is -2.94. The van der Waals surface area contributed by atoms with E-state index in [1.165, 1.54) is 17.4 Å². The number of amides is 1. The summed E-state index contributed by atoms with van der Waals surface area (Å²) in [5, 5.41) is 5.67. The van der Waals surface area contributed by atoms with Gasteiger partial charge in [0.05, 0.1) is 24.1 Å². The van der Waals surface area contributed by atoms with Crippen LogP contribution in [0.5, 0.6) is 0 Å². The maximum atomic E-state index is 12.5. The Kier molecular flexibility index (Phi) is 5.60. The number of rotatable bonds is 6. The molecule has 0 saturated carbocycles. The Morgan fingerprint density at radius 3 is 2.40 bits per heavy atom. The smallest absolute Gasteiger partial charge is 0.326 e. The van der Waals surface area contributed by atoms with E-state index >= 15 is 0 Å². The third kappa shape index (κ3) is 4.46. The van der Waals surface area contributed by atoms with E-state index in [0.29, 0.717) is 17.1 Å². The molecule has 1 aliphatic rings. The van der Waals surface area contributed by atoms with Gasteiger partial charge in [0.1, 0.15) is 12.7 Å². The second kappa shape index (κ2) is 7.49. The van der Waals surface area contributed by atoms with Gasteiger partial charge in [-0.3, -0.25) is 25.1 Å². The van der Waals surface area contributed by atoms with Crippen LogP contribution >= 0.6 is 0 Å². The second-order valence-corrected chi connectivity index (χ2v) is 7.68. The Balaban J connectivity index is 2.20. The third-order valence-electron chi connectivity index (χ3n) is 3.95. The summed E-state index contributed by atoms with van der Waals surface area (Å²) in [4.78, 5) is 12.1. The van der Waals surface area contributed by atoms with Crippen LogP contribution in [0.3, 0.4) is 0 Å². The molecule has 134 valence electrons. The first-order valence-electron chi connectivity index (χ1n) is 7.69. The number of hydrogen-bond donors (Lipinski definition) is 4. The molecule has 1 heterocycles. The van der Waals surface area contributed by atoms with Crippen LogP contribution in [0, 0.1) is 0 Å². The number of nitrogens with one attached hydrogen (secondary N) is 1. The van der Waals surface area contributed by atoms with Gasteiger partial charge in [-0.2, -0.15) is 0 Å². The predicted molar refractivity (Wildman–Crippen MR) is 93.8 cm³/mol. The molecule has 0 bridgehead atoms. The van der Waals surface area contributed by atoms with Crippen molar-refractivity contribution in [1.29, 1.82) is 0 Å². The van der Waals surface area contributed by atoms with Crippen molar-refractivity contribution in [1.82, 2.24) is 4.31 Å². The van der Waals surface area contributed by atoms with Crippen molar-refractivity contribution in [3.05, 3.63) is 59.6 Å². The van der Waals surface area contributed by atoms with E-state index in [1.807, 2.05) is 6.07 Å². The van der Waals surface area contributed by atoms with Crippen LogP contribution in [0.4, 0.5) is 0 Å². The van der Waals surface area contributed by atoms with E-state index in [0.717, 1.165) is 5.56 Å². The fourth-order valence-electron chi connectivity index (χ4n) is 2.64. The van der Waals surface area contributed by atoms with Crippen LogP contribution in [-0.2, 0) is 20.6 Å². The van der Waals surface area contributed by atoms with Crippen LogP contribution in [0.2, 0.25) is 0 Å². The van der Waals surface area contributed by atoms with Crippen LogP contribution in [0.1, 0.15) is 12.5 Å². The molecule has 1 aliphatic heterocycles. The summed E-state index contributed by atoms with van der Waals surface area (Å²) >= 11 is 0. The summed E-state index contributed by atoms with van der Waals surface area (Å²) in [6, 6.07) is 8.97. The second-order valence-electron chi connectivity index (χ2n) is 5.76. The number of quaternary nitrogens is 1. The lowest BCUT2D eigenvalue weighted by atomic mass is 10.1. The summed E-state index contributed by atoms with van der Waals surface area (Å²) in [6.45, 7) is 2.16. The molecular formula is C16H23N5O3S+2. The van der Waals surface area contributed by atoms with Crippen LogP contribution in [-0.4, -0.2) is 37.6 Å². The van der Waals surface area contributed by atoms with E-state index in [1.54, 1.807) is 30.5 Å². The standard InChI is InChI=1S/C16H21N5O3S/c1-12(16(19)22)14(15(17)18)20-7-9-21(10-8-20)25(23,24)11-13-5-3-2-4-6-13/h2-7,9H,8,10-11H2,1H3,(H3,17,18)(H2,19,22)/p+2/b14-12+. The fraction of sp³-hybridized carbons (Fsp3) is 0.250. The van der Waals surface area contributed by atoms with Gasteiger partial charge in [-0.05, 0) is 12.5 Å². The highest BCUT2D eigenvalue weighted by atomic mass is 32.2. The molecule has 0 aliphatic carbocycles. The number of primary amides is 1. The van der Waals surface area contributed by atoms with Crippen LogP contribution in [0.25, 0.3) is 0 Å². The summed E-state index contributed by atoms with van der Waals surface area (Å²) < 4.78 is 26.3. The molecule has 2 rings (SSSR count). The minimum absolute atomic E-state index is 0.0171. The van der Waals surface area contributed by atoms with Gasteiger partial charge in [0.25, 0.3) is 5.91 Å². The Hall–Kier alpha value is -2.65. The lowest BCUT2D eigenvalue weighted by Gasteiger charge is -2.27. The fourth-order valence-corrected chi connectivity index (χ4v) is 4.03. The maximum absolute atomic E-state index is 12.5. The Morgan fingerprint density at radius 2 is 1.92 bits per heavy atom. The maximum Gasteiger partial charge on any atom is 0.326 e. The minimum atomic E-state index is -3.49. The highest BCUT2D eigenvalue weighted by Gasteiger charge is 2.31. The molecule has 7 N–H and O–H groups in total. The molecule has 0 saturated heterocycles. The van der Waals surface area contributed by atoms with Crippen molar-refractivity contribution < 1.29 is 23.5 Å². The van der Waals surface area contributed by atoms with Gasteiger partial charge < -0.3 is 5.73 Å². The molecule has 1 atom stereocenters. The zero-order chi connectivity index (χ0) is 18.6. The average Bonchev–Trinajstić information content (AvgIpc) is 2.55. The molecule has 1 aromatic rings. The number of sulfonamides is 1. The van der Waals surface area contributed by atoms with Crippen molar-refractivity contribution in [2.75, 3.05) is 13.1 Å². The molecular weight excluding hydrogens is 342 g/mol. The van der Waals surface area contributed by atoms with Crippen molar-refractivity contribution in [2.24, 2.45) is 11.5 Å². The molecule has 0 fully saturated rings. The molecule has 1 aromatic carbocycles. The number of carbonyl (C=O) groups is 1. The Morgan fingerprint density at radius 1 is 1.28 bits per heavy atom. The Labute approximate surface area is 147 Å². The molecule has 8 nitrogen and oxygen atoms in total. The average molecular weight is 365 g/mol. The van der Waals surface area contributed by atoms with E-state index in [2.05, 4.69) is 0 Å². The van der Waals surface area contributed by atoms with Gasteiger partial charge in [-0.25, -0.2) is 8.42 Å². The molecule has 1 amide bonds. The van der Waals surface area contributed by atoms with Crippen LogP contribution in [0.15, 0.2) is 54.0 Å². The number of carbonyl (C=O) groups excluding carboxylic acids is 1. The van der Waals surface area contributed by atoms with Crippen molar-refractivity contribution >= 4 is 21.8 Å². The van der Waals surface area contributed by atoms with Gasteiger partial charge in [-0.15, -0.1) is 0 Å². The first-order chi connectivity index (χ1) is 11.7. The zero-order valence-corrected chi connectivity index (χ0v) is 14.8. The number of benzene rings is 1. The lowest BCUT2D eigenvalue weighted by Crippen LogP contribution is -3.09. The van der Waals surface area contributed by atoms with Gasteiger partial charge >= 0.3 is 5.84 Å². The van der Waals surface area contributed by atoms with E-state index in [4.69, 9.17) is 16.9 Å². The lowest BCUT2D eigenvalue weighted by molar-refractivity contribution is -0.802. The highest BCUT2D eigenvalue weighted by Crippen LogP contribution is 2.11. The first kappa shape index (κ1) is 18.7. The zero-order valence-electron chi connectivity index (χ0n) is 14.0. The number of nitrogens with zero attached hydrogens (tertiary/aromatic N) is 1. The monoisotopic (exact) mass is 365 g/mol. The largest absolute Gasteiger partial charge is 0.366 e. The molecule has 9 heteroatoms. The van der Waals surface area contributed by atoms with Gasteiger partial charge in [-0.1, -0.05) is 30.3 Å². The molecule has 1 unspecified atom stereocenters. The quantitative estimate of drug-likeness (QED) is 0.244. The summed E-state index contributed by atoms with van der Waals surface area (Å²) in [5.41, 5.74) is 12.3. The van der Waals surface area contributed by atoms with Gasteiger partial charge in [0.15, 0.2) is 0 Å². The Bertz CT molecular complexity index is 831. The highest BCUT2D eigenvalue weighted by molar-refractivity contribution is 7.88. The normalized spacial score (nSPS) is 18.6. The topological polar surface area (TPSA) is 137 Å². The minimum Gasteiger partial charge on any atom is -0.366 e. The summed E-state index contributed by atoms with van der Waals surface area (Å²) in [7, 11) is -3.49. The number of nitrogens with two attached hydrogens (primary N) is 3. The molecule has 25 heavy (non-hydrogen) atoms. The first-order valence-corrected chi connectivity index (χ1v) is 9.30. The van der Waals surface area contributed by atoms with Crippen LogP contribution < -0.4 is 21.8 Å². The third-order valence-corrected chi connectivity index (χ3v) is 5.66. The number of hydrogen-bond acceptors (Lipinski definition) is 3. The van der Waals surface area contributed by atoms with E-state index < -0.39 is 15.9 Å². The number of amidine groups is 1. The SMILES string of the molecule is C/C(C(N)=O)=C(/C(N)=[NH2+])[NH+]1C=CN(S(=O)(=O)Cc2ccccc2)CC1. The van der Waals surface area contributed by atoms with Crippen molar-refractivity contribution in [3.63, 3.8) is 0 Å². The van der Waals surface area contributed by atoms with Gasteiger partial charge in [0.2, 0.25) is 15.7 Å². The van der Waals surface area contributed by atoms with Gasteiger partial charge in [0, 0.05) is 0 Å². The van der Waals surface area contributed by atoms with Crippen molar-refractivity contribution in [2.45, 2.75) is 12.7 Å². The molecule has 0 radical (unpaired) electrons. The molecule has 0 spiro atoms. The summed E-state index contributed by atoms with van der Waals surface area (Å²) in [5.74, 6) is -0.721. The van der Waals surface area contributed by atoms with Crippen molar-refractivity contribution in [3.8, 4) is 0 Å². The van der Waals surface area contributed by atoms with E-state index in [-0.39, 0.29) is 23.7 Å². The van der Waals surface area contributed by atoms with E-state index in [9.17, 15) is 13.2 Å².